The third-order valence-corrected chi connectivity index (χ3v) is 5.75. The van der Waals surface area contributed by atoms with Crippen LogP contribution in [0.5, 0.6) is 0 Å². The molecule has 5 nitrogen and oxygen atoms in total. The van der Waals surface area contributed by atoms with Crippen LogP contribution >= 0.6 is 46.1 Å². The van der Waals surface area contributed by atoms with Crippen LogP contribution in [-0.4, -0.2) is 18.4 Å². The maximum Gasteiger partial charge on any atom is 0.272 e. The van der Waals surface area contributed by atoms with Crippen molar-refractivity contribution < 1.29 is 8.42 Å². The van der Waals surface area contributed by atoms with Gasteiger partial charge < -0.3 is 0 Å². The highest BCUT2D eigenvalue weighted by molar-refractivity contribution is 7.94. The van der Waals surface area contributed by atoms with Crippen LogP contribution in [0.25, 0.3) is 0 Å². The molecular formula is C9H6Cl3N3O2S2. The molecule has 102 valence electrons. The average Bonchev–Trinajstić information content (AvgIpc) is 2.57. The molecule has 0 aromatic carbocycles. The highest BCUT2D eigenvalue weighted by Crippen LogP contribution is 2.31. The second-order valence-corrected chi connectivity index (χ2v) is 7.76. The van der Waals surface area contributed by atoms with Crippen LogP contribution in [0.1, 0.15) is 5.56 Å². The van der Waals surface area contributed by atoms with Gasteiger partial charge in [-0.1, -0.05) is 23.2 Å². The molecule has 0 radical (unpaired) electrons. The van der Waals surface area contributed by atoms with Crippen LogP contribution in [0, 0.1) is 6.92 Å². The van der Waals surface area contributed by atoms with Gasteiger partial charge >= 0.3 is 0 Å². The van der Waals surface area contributed by atoms with Gasteiger partial charge in [-0.15, -0.1) is 11.3 Å². The standard InChI is InChI=1S/C9H6Cl3N3O2S2/c1-4-2-7(18-8(4)11)19(16,17)15-6-3-5(10)13-9(12)14-6/h2-3H,1H3,(H,13,14,15). The van der Waals surface area contributed by atoms with Gasteiger partial charge in [-0.2, -0.15) is 4.98 Å². The van der Waals surface area contributed by atoms with Gasteiger partial charge in [0.05, 0.1) is 4.34 Å². The van der Waals surface area contributed by atoms with Crippen molar-refractivity contribution in [2.45, 2.75) is 11.1 Å². The Morgan fingerprint density at radius 2 is 1.89 bits per heavy atom. The van der Waals surface area contributed by atoms with E-state index in [0.717, 1.165) is 11.3 Å². The number of aryl methyl sites for hydroxylation is 1. The molecular weight excluding hydrogens is 353 g/mol. The summed E-state index contributed by atoms with van der Waals surface area (Å²) in [5, 5.41) is -0.108. The van der Waals surface area contributed by atoms with Crippen molar-refractivity contribution in [1.82, 2.24) is 9.97 Å². The summed E-state index contributed by atoms with van der Waals surface area (Å²) < 4.78 is 26.9. The Kier molecular flexibility index (Phi) is 4.22. The molecule has 0 aliphatic heterocycles. The van der Waals surface area contributed by atoms with Gasteiger partial charge in [0.1, 0.15) is 15.2 Å². The van der Waals surface area contributed by atoms with E-state index in [9.17, 15) is 8.42 Å². The number of halogens is 3. The van der Waals surface area contributed by atoms with Crippen LogP contribution < -0.4 is 4.72 Å². The first-order valence-electron chi connectivity index (χ1n) is 4.77. The van der Waals surface area contributed by atoms with E-state index in [2.05, 4.69) is 14.7 Å². The van der Waals surface area contributed by atoms with E-state index in [1.165, 1.54) is 12.1 Å². The number of hydrogen-bond acceptors (Lipinski definition) is 5. The molecule has 2 aromatic rings. The summed E-state index contributed by atoms with van der Waals surface area (Å²) in [6.07, 6.45) is 0. The molecule has 0 bridgehead atoms. The number of anilines is 1. The fourth-order valence-corrected chi connectivity index (χ4v) is 4.30. The predicted octanol–water partition coefficient (Wildman–Crippen LogP) is 3.61. The Labute approximate surface area is 128 Å². The van der Waals surface area contributed by atoms with Crippen molar-refractivity contribution in [1.29, 1.82) is 0 Å². The molecule has 0 aliphatic rings. The van der Waals surface area contributed by atoms with Crippen molar-refractivity contribution >= 4 is 62.0 Å². The van der Waals surface area contributed by atoms with Crippen LogP contribution in [-0.2, 0) is 10.0 Å². The molecule has 0 spiro atoms. The molecule has 0 saturated carbocycles. The molecule has 2 heterocycles. The number of hydrogen-bond donors (Lipinski definition) is 1. The molecule has 10 heteroatoms. The Hall–Kier alpha value is -0.600. The average molecular weight is 359 g/mol. The Balaban J connectivity index is 2.36. The number of thiophene rings is 1. The van der Waals surface area contributed by atoms with Gasteiger partial charge in [-0.3, -0.25) is 4.72 Å². The predicted molar refractivity (Wildman–Crippen MR) is 76.9 cm³/mol. The molecule has 0 saturated heterocycles. The molecule has 0 fully saturated rings. The molecule has 0 amide bonds. The first kappa shape index (κ1) is 14.8. The molecule has 0 atom stereocenters. The van der Waals surface area contributed by atoms with Gasteiger partial charge in [-0.05, 0) is 30.2 Å². The van der Waals surface area contributed by atoms with Gasteiger partial charge in [0.2, 0.25) is 5.28 Å². The largest absolute Gasteiger partial charge is 0.272 e. The summed E-state index contributed by atoms with van der Waals surface area (Å²) in [4.78, 5) is 7.35. The van der Waals surface area contributed by atoms with Gasteiger partial charge in [0.25, 0.3) is 10.0 Å². The quantitative estimate of drug-likeness (QED) is 0.672. The van der Waals surface area contributed by atoms with E-state index in [4.69, 9.17) is 34.8 Å². The lowest BCUT2D eigenvalue weighted by molar-refractivity contribution is 0.603. The minimum Gasteiger partial charge on any atom is -0.262 e. The number of sulfonamides is 1. The number of rotatable bonds is 3. The molecule has 0 aliphatic carbocycles. The van der Waals surface area contributed by atoms with E-state index in [1.807, 2.05) is 0 Å². The first-order valence-corrected chi connectivity index (χ1v) is 8.20. The molecule has 1 N–H and O–H groups in total. The van der Waals surface area contributed by atoms with E-state index in [0.29, 0.717) is 9.90 Å². The SMILES string of the molecule is Cc1cc(S(=O)(=O)Nc2cc(Cl)nc(Cl)n2)sc1Cl. The summed E-state index contributed by atoms with van der Waals surface area (Å²) in [6, 6.07) is 2.73. The summed E-state index contributed by atoms with van der Waals surface area (Å²) in [7, 11) is -3.77. The molecule has 2 rings (SSSR count). The zero-order chi connectivity index (χ0) is 14.2. The zero-order valence-electron chi connectivity index (χ0n) is 9.32. The fraction of sp³-hybridized carbons (Fsp3) is 0.111. The Morgan fingerprint density at radius 1 is 1.21 bits per heavy atom. The summed E-state index contributed by atoms with van der Waals surface area (Å²) >= 11 is 18.1. The minimum atomic E-state index is -3.77. The van der Waals surface area contributed by atoms with Gasteiger partial charge in [-0.25, -0.2) is 13.4 Å². The van der Waals surface area contributed by atoms with E-state index >= 15 is 0 Å². The molecule has 19 heavy (non-hydrogen) atoms. The molecule has 0 unspecified atom stereocenters. The zero-order valence-corrected chi connectivity index (χ0v) is 13.2. The van der Waals surface area contributed by atoms with E-state index < -0.39 is 10.0 Å². The van der Waals surface area contributed by atoms with Crippen LogP contribution in [0.4, 0.5) is 5.82 Å². The number of nitrogens with one attached hydrogen (secondary N) is 1. The topological polar surface area (TPSA) is 72.0 Å². The van der Waals surface area contributed by atoms with Gasteiger partial charge in [0, 0.05) is 6.07 Å². The smallest absolute Gasteiger partial charge is 0.262 e. The maximum absolute atomic E-state index is 12.1. The minimum absolute atomic E-state index is 0.00724. The van der Waals surface area contributed by atoms with E-state index in [-0.39, 0.29) is 20.5 Å². The summed E-state index contributed by atoms with van der Waals surface area (Å²) in [5.74, 6) is -0.00724. The molecule has 2 aromatic heterocycles. The highest BCUT2D eigenvalue weighted by atomic mass is 35.5. The lowest BCUT2D eigenvalue weighted by Gasteiger charge is -2.05. The maximum atomic E-state index is 12.1. The Bertz CT molecular complexity index is 691. The fourth-order valence-electron chi connectivity index (χ4n) is 1.19. The van der Waals surface area contributed by atoms with Crippen molar-refractivity contribution in [3.63, 3.8) is 0 Å². The van der Waals surface area contributed by atoms with Crippen LogP contribution in [0.3, 0.4) is 0 Å². The van der Waals surface area contributed by atoms with Crippen LogP contribution in [0.2, 0.25) is 14.8 Å². The van der Waals surface area contributed by atoms with E-state index in [1.54, 1.807) is 6.92 Å². The lowest BCUT2D eigenvalue weighted by Crippen LogP contribution is -2.12. The van der Waals surface area contributed by atoms with Crippen molar-refractivity contribution in [2.24, 2.45) is 0 Å². The van der Waals surface area contributed by atoms with Crippen molar-refractivity contribution in [3.8, 4) is 0 Å². The third kappa shape index (κ3) is 3.49. The number of nitrogens with zero attached hydrogens (tertiary/aromatic N) is 2. The first-order chi connectivity index (χ1) is 8.78. The number of aromatic nitrogens is 2. The Morgan fingerprint density at radius 3 is 2.42 bits per heavy atom. The monoisotopic (exact) mass is 357 g/mol. The normalized spacial score (nSPS) is 11.6. The summed E-state index contributed by atoms with van der Waals surface area (Å²) in [6.45, 7) is 1.72. The van der Waals surface area contributed by atoms with Crippen molar-refractivity contribution in [3.05, 3.63) is 32.5 Å². The second kappa shape index (κ2) is 5.41. The third-order valence-electron chi connectivity index (χ3n) is 2.01. The second-order valence-electron chi connectivity index (χ2n) is 3.47. The van der Waals surface area contributed by atoms with Gasteiger partial charge in [0.15, 0.2) is 0 Å². The lowest BCUT2D eigenvalue weighted by atomic mass is 10.4. The summed E-state index contributed by atoms with van der Waals surface area (Å²) in [5.41, 5.74) is 0.686. The van der Waals surface area contributed by atoms with Crippen LogP contribution in [0.15, 0.2) is 16.3 Å². The highest BCUT2D eigenvalue weighted by Gasteiger charge is 2.19. The van der Waals surface area contributed by atoms with Crippen molar-refractivity contribution in [2.75, 3.05) is 4.72 Å².